The lowest BCUT2D eigenvalue weighted by molar-refractivity contribution is 0.0699. The average Bonchev–Trinajstić information content (AvgIpc) is 2.43. The molecule has 0 saturated carbocycles. The Morgan fingerprint density at radius 3 is 2.92 bits per heavy atom. The molecule has 2 heterocycles. The van der Waals surface area contributed by atoms with Crippen LogP contribution in [0.5, 0.6) is 5.06 Å². The molecule has 0 unspecified atom stereocenters. The van der Waals surface area contributed by atoms with Crippen LogP contribution in [0.1, 0.15) is 10.4 Å². The fourth-order valence-corrected chi connectivity index (χ4v) is 2.97. The van der Waals surface area contributed by atoms with Crippen LogP contribution in [0.4, 0.5) is 0 Å². The Hall–Kier alpha value is -1.07. The smallest absolute Gasteiger partial charge is 0.337 e. The number of hydrogen-bond acceptors (Lipinski definition) is 4. The normalized spacial score (nSPS) is 10.7. The van der Waals surface area contributed by atoms with Gasteiger partial charge in [-0.2, -0.15) is 0 Å². The van der Waals surface area contributed by atoms with Crippen LogP contribution in [0.2, 0.25) is 0 Å². The molecule has 2 N–H and O–H groups in total. The van der Waals surface area contributed by atoms with E-state index in [2.05, 4.69) is 0 Å². The van der Waals surface area contributed by atoms with Gasteiger partial charge in [0.2, 0.25) is 0 Å². The molecule has 2 rings (SSSR count). The van der Waals surface area contributed by atoms with E-state index in [9.17, 15) is 4.79 Å². The molecular formula is C7H4O3S2. The summed E-state index contributed by atoms with van der Waals surface area (Å²) in [4.78, 5) is 10.6. The SMILES string of the molecule is O=C(O)c1csc2sc(O)cc12. The van der Waals surface area contributed by atoms with Gasteiger partial charge < -0.3 is 10.2 Å². The van der Waals surface area contributed by atoms with E-state index in [0.29, 0.717) is 5.39 Å². The summed E-state index contributed by atoms with van der Waals surface area (Å²) in [7, 11) is 0. The van der Waals surface area contributed by atoms with Gasteiger partial charge in [-0.1, -0.05) is 11.3 Å². The molecule has 0 amide bonds. The van der Waals surface area contributed by atoms with E-state index in [4.69, 9.17) is 10.2 Å². The fraction of sp³-hybridized carbons (Fsp3) is 0. The van der Waals surface area contributed by atoms with Gasteiger partial charge in [0.25, 0.3) is 0 Å². The van der Waals surface area contributed by atoms with Crippen molar-refractivity contribution >= 4 is 38.0 Å². The van der Waals surface area contributed by atoms with Crippen LogP contribution in [0.15, 0.2) is 11.4 Å². The van der Waals surface area contributed by atoms with Gasteiger partial charge in [0.05, 0.1) is 9.58 Å². The van der Waals surface area contributed by atoms with Gasteiger partial charge in [0.15, 0.2) is 5.06 Å². The third kappa shape index (κ3) is 0.981. The second-order valence-electron chi connectivity index (χ2n) is 2.24. The van der Waals surface area contributed by atoms with Crippen molar-refractivity contribution in [2.24, 2.45) is 0 Å². The second-order valence-corrected chi connectivity index (χ2v) is 4.41. The minimum atomic E-state index is -0.945. The third-order valence-electron chi connectivity index (χ3n) is 1.49. The van der Waals surface area contributed by atoms with E-state index >= 15 is 0 Å². The minimum absolute atomic E-state index is 0.166. The third-order valence-corrected chi connectivity index (χ3v) is 3.55. The highest BCUT2D eigenvalue weighted by Gasteiger charge is 2.12. The van der Waals surface area contributed by atoms with Gasteiger partial charge in [0.1, 0.15) is 0 Å². The zero-order valence-corrected chi connectivity index (χ0v) is 7.41. The second kappa shape index (κ2) is 2.46. The maximum Gasteiger partial charge on any atom is 0.337 e. The molecule has 0 saturated heterocycles. The average molecular weight is 200 g/mol. The molecule has 0 radical (unpaired) electrons. The number of rotatable bonds is 1. The molecule has 0 fully saturated rings. The first-order chi connectivity index (χ1) is 5.68. The number of fused-ring (bicyclic) bond motifs is 1. The maximum atomic E-state index is 10.6. The Kier molecular flexibility index (Phi) is 1.55. The van der Waals surface area contributed by atoms with Crippen molar-refractivity contribution < 1.29 is 15.0 Å². The lowest BCUT2D eigenvalue weighted by Gasteiger charge is -1.84. The zero-order valence-electron chi connectivity index (χ0n) is 5.77. The van der Waals surface area contributed by atoms with Crippen LogP contribution in [0.3, 0.4) is 0 Å². The molecule has 0 aromatic carbocycles. The molecule has 0 aliphatic carbocycles. The fourth-order valence-electron chi connectivity index (χ4n) is 0.979. The van der Waals surface area contributed by atoms with E-state index in [-0.39, 0.29) is 10.6 Å². The van der Waals surface area contributed by atoms with Crippen molar-refractivity contribution in [2.75, 3.05) is 0 Å². The van der Waals surface area contributed by atoms with E-state index in [1.54, 1.807) is 5.38 Å². The molecule has 0 atom stereocenters. The largest absolute Gasteiger partial charge is 0.499 e. The standard InChI is InChI=1S/C7H4O3S2/c8-5-1-3-4(6(9)10)2-11-7(3)12-5/h1-2,8H,(H,9,10). The number of thiophene rings is 2. The quantitative estimate of drug-likeness (QED) is 0.743. The monoisotopic (exact) mass is 200 g/mol. The molecule has 3 nitrogen and oxygen atoms in total. The molecule has 2 aromatic heterocycles. The molecule has 12 heavy (non-hydrogen) atoms. The summed E-state index contributed by atoms with van der Waals surface area (Å²) in [5, 5.41) is 20.2. The molecular weight excluding hydrogens is 196 g/mol. The maximum absolute atomic E-state index is 10.6. The van der Waals surface area contributed by atoms with E-state index in [1.165, 1.54) is 28.7 Å². The number of aromatic hydroxyl groups is 1. The summed E-state index contributed by atoms with van der Waals surface area (Å²) in [6, 6.07) is 1.49. The van der Waals surface area contributed by atoms with Gasteiger partial charge in [-0.3, -0.25) is 0 Å². The lowest BCUT2D eigenvalue weighted by atomic mass is 10.2. The number of carboxylic acid groups (broad SMARTS) is 1. The predicted octanol–water partition coefficient (Wildman–Crippen LogP) is 2.37. The summed E-state index contributed by atoms with van der Waals surface area (Å²) in [6.07, 6.45) is 0. The van der Waals surface area contributed by atoms with Gasteiger partial charge >= 0.3 is 5.97 Å². The molecule has 5 heteroatoms. The van der Waals surface area contributed by atoms with Crippen molar-refractivity contribution in [1.29, 1.82) is 0 Å². The first-order valence-electron chi connectivity index (χ1n) is 3.12. The molecule has 0 aliphatic rings. The van der Waals surface area contributed by atoms with Gasteiger partial charge in [-0.05, 0) is 0 Å². The lowest BCUT2D eigenvalue weighted by Crippen LogP contribution is -1.92. The highest BCUT2D eigenvalue weighted by atomic mass is 32.2. The van der Waals surface area contributed by atoms with Crippen molar-refractivity contribution in [3.63, 3.8) is 0 Å². The van der Waals surface area contributed by atoms with Crippen molar-refractivity contribution in [3.8, 4) is 5.06 Å². The van der Waals surface area contributed by atoms with Crippen LogP contribution in [0.25, 0.3) is 9.40 Å². The molecule has 0 spiro atoms. The highest BCUT2D eigenvalue weighted by Crippen LogP contribution is 2.37. The summed E-state index contributed by atoms with van der Waals surface area (Å²) in [6.45, 7) is 0. The topological polar surface area (TPSA) is 57.5 Å². The first-order valence-corrected chi connectivity index (χ1v) is 4.81. The van der Waals surface area contributed by atoms with Crippen LogP contribution < -0.4 is 0 Å². The zero-order chi connectivity index (χ0) is 8.72. The summed E-state index contributed by atoms with van der Waals surface area (Å²) >= 11 is 2.54. The summed E-state index contributed by atoms with van der Waals surface area (Å²) in [5.41, 5.74) is 0.270. The van der Waals surface area contributed by atoms with Crippen molar-refractivity contribution in [2.45, 2.75) is 0 Å². The van der Waals surface area contributed by atoms with Crippen molar-refractivity contribution in [1.82, 2.24) is 0 Å². The minimum Gasteiger partial charge on any atom is -0.499 e. The number of carboxylic acids is 1. The van der Waals surface area contributed by atoms with E-state index in [0.717, 1.165) is 4.01 Å². The Labute approximate surface area is 75.5 Å². The Morgan fingerprint density at radius 1 is 1.50 bits per heavy atom. The van der Waals surface area contributed by atoms with Crippen molar-refractivity contribution in [3.05, 3.63) is 17.0 Å². The van der Waals surface area contributed by atoms with Gasteiger partial charge in [-0.25, -0.2) is 4.79 Å². The Bertz CT molecular complexity index is 440. The van der Waals surface area contributed by atoms with Crippen LogP contribution in [0, 0.1) is 0 Å². The molecule has 0 bridgehead atoms. The Morgan fingerprint density at radius 2 is 2.25 bits per heavy atom. The molecule has 2 aromatic rings. The number of hydrogen-bond donors (Lipinski definition) is 2. The molecule has 0 aliphatic heterocycles. The van der Waals surface area contributed by atoms with Gasteiger partial charge in [-0.15, -0.1) is 11.3 Å². The summed E-state index contributed by atoms with van der Waals surface area (Å²) < 4.78 is 0.852. The predicted molar refractivity (Wildman–Crippen MR) is 48.3 cm³/mol. The van der Waals surface area contributed by atoms with Gasteiger partial charge in [0, 0.05) is 16.8 Å². The van der Waals surface area contributed by atoms with Crippen LogP contribution in [-0.4, -0.2) is 16.2 Å². The first kappa shape index (κ1) is 7.57. The van der Waals surface area contributed by atoms with Crippen LogP contribution >= 0.6 is 22.7 Å². The Balaban J connectivity index is 2.76. The highest BCUT2D eigenvalue weighted by molar-refractivity contribution is 7.38. The number of carbonyl (C=O) groups is 1. The van der Waals surface area contributed by atoms with Crippen LogP contribution in [-0.2, 0) is 0 Å². The summed E-state index contributed by atoms with van der Waals surface area (Å²) in [5.74, 6) is -0.945. The van der Waals surface area contributed by atoms with E-state index < -0.39 is 5.97 Å². The molecule has 62 valence electrons. The van der Waals surface area contributed by atoms with E-state index in [1.807, 2.05) is 0 Å². The number of aromatic carboxylic acids is 1.